The number of rotatable bonds is 3. The molecule has 7 nitrogen and oxygen atoms in total. The largest absolute Gasteiger partial charge is 0.481 e. The molecule has 1 aliphatic carbocycles. The SMILES string of the molecule is O=C(NC1CCN(c2ccc(Cl)cc2)C1=O)N1C[C@@H]2CCC[C@@]2(C(=O)O)C1. The summed E-state index contributed by atoms with van der Waals surface area (Å²) < 4.78 is 0. The van der Waals surface area contributed by atoms with E-state index >= 15 is 0 Å². The number of likely N-dealkylation sites (tertiary alicyclic amines) is 1. The normalized spacial score (nSPS) is 29.9. The Morgan fingerprint density at radius 2 is 1.96 bits per heavy atom. The van der Waals surface area contributed by atoms with Crippen LogP contribution in [0.5, 0.6) is 0 Å². The Bertz CT molecular complexity index is 784. The Balaban J connectivity index is 1.40. The highest BCUT2D eigenvalue weighted by Gasteiger charge is 2.56. The van der Waals surface area contributed by atoms with Crippen molar-refractivity contribution in [3.63, 3.8) is 0 Å². The third kappa shape index (κ3) is 3.04. The smallest absolute Gasteiger partial charge is 0.318 e. The maximum Gasteiger partial charge on any atom is 0.318 e. The highest BCUT2D eigenvalue weighted by molar-refractivity contribution is 6.30. The molecule has 1 saturated carbocycles. The summed E-state index contributed by atoms with van der Waals surface area (Å²) >= 11 is 5.89. The van der Waals surface area contributed by atoms with Gasteiger partial charge in [-0.05, 0) is 49.4 Å². The first-order chi connectivity index (χ1) is 12.9. The third-order valence-electron chi connectivity index (χ3n) is 6.23. The minimum absolute atomic E-state index is 0.00518. The lowest BCUT2D eigenvalue weighted by Crippen LogP contribution is -2.48. The van der Waals surface area contributed by atoms with E-state index in [1.807, 2.05) is 0 Å². The second-order valence-electron chi connectivity index (χ2n) is 7.69. The zero-order chi connectivity index (χ0) is 19.2. The van der Waals surface area contributed by atoms with Crippen LogP contribution in [0, 0.1) is 11.3 Å². The number of carbonyl (C=O) groups excluding carboxylic acids is 2. The number of halogens is 1. The number of fused-ring (bicyclic) bond motifs is 1. The number of amides is 3. The van der Waals surface area contributed by atoms with Crippen molar-refractivity contribution in [3.05, 3.63) is 29.3 Å². The number of nitrogens with zero attached hydrogens (tertiary/aromatic N) is 2. The van der Waals surface area contributed by atoms with Crippen LogP contribution in [0.1, 0.15) is 25.7 Å². The molecule has 1 unspecified atom stereocenters. The Morgan fingerprint density at radius 3 is 2.63 bits per heavy atom. The number of carbonyl (C=O) groups is 3. The zero-order valence-electron chi connectivity index (χ0n) is 14.9. The molecular weight excluding hydrogens is 370 g/mol. The maximum atomic E-state index is 12.7. The fourth-order valence-corrected chi connectivity index (χ4v) is 4.85. The molecule has 144 valence electrons. The lowest BCUT2D eigenvalue weighted by atomic mass is 9.81. The summed E-state index contributed by atoms with van der Waals surface area (Å²) in [7, 11) is 0. The van der Waals surface area contributed by atoms with Crippen LogP contribution in [0.4, 0.5) is 10.5 Å². The second kappa shape index (κ2) is 6.71. The highest BCUT2D eigenvalue weighted by atomic mass is 35.5. The van der Waals surface area contributed by atoms with Gasteiger partial charge < -0.3 is 20.2 Å². The molecule has 3 aliphatic rings. The van der Waals surface area contributed by atoms with E-state index in [0.717, 1.165) is 18.5 Å². The molecule has 3 fully saturated rings. The summed E-state index contributed by atoms with van der Waals surface area (Å²) in [4.78, 5) is 40.3. The fourth-order valence-electron chi connectivity index (χ4n) is 4.73. The molecule has 2 N–H and O–H groups in total. The molecule has 2 saturated heterocycles. The van der Waals surface area contributed by atoms with Gasteiger partial charge in [-0.2, -0.15) is 0 Å². The minimum atomic E-state index is -0.814. The van der Waals surface area contributed by atoms with Gasteiger partial charge >= 0.3 is 12.0 Å². The first-order valence-electron chi connectivity index (χ1n) is 9.26. The second-order valence-corrected chi connectivity index (χ2v) is 8.12. The van der Waals surface area contributed by atoms with Crippen LogP contribution < -0.4 is 10.2 Å². The van der Waals surface area contributed by atoms with E-state index < -0.39 is 17.4 Å². The number of benzene rings is 1. The van der Waals surface area contributed by atoms with Gasteiger partial charge in [-0.1, -0.05) is 18.0 Å². The van der Waals surface area contributed by atoms with Crippen molar-refractivity contribution in [2.75, 3.05) is 24.5 Å². The minimum Gasteiger partial charge on any atom is -0.481 e. The van der Waals surface area contributed by atoms with Crippen LogP contribution in [0.3, 0.4) is 0 Å². The summed E-state index contributed by atoms with van der Waals surface area (Å²) in [6.07, 6.45) is 2.87. The number of carboxylic acids is 1. The molecule has 1 aromatic carbocycles. The Hall–Kier alpha value is -2.28. The van der Waals surface area contributed by atoms with Crippen LogP contribution in [0.15, 0.2) is 24.3 Å². The van der Waals surface area contributed by atoms with E-state index in [2.05, 4.69) is 5.32 Å². The van der Waals surface area contributed by atoms with Crippen LogP contribution in [0.25, 0.3) is 0 Å². The van der Waals surface area contributed by atoms with E-state index in [9.17, 15) is 19.5 Å². The highest BCUT2D eigenvalue weighted by Crippen LogP contribution is 2.48. The number of nitrogens with one attached hydrogen (secondary N) is 1. The monoisotopic (exact) mass is 391 g/mol. The Labute approximate surface area is 162 Å². The number of hydrogen-bond acceptors (Lipinski definition) is 3. The van der Waals surface area contributed by atoms with Crippen LogP contribution in [0.2, 0.25) is 5.02 Å². The summed E-state index contributed by atoms with van der Waals surface area (Å²) in [5.74, 6) is -0.963. The van der Waals surface area contributed by atoms with Gasteiger partial charge in [0.1, 0.15) is 6.04 Å². The van der Waals surface area contributed by atoms with Gasteiger partial charge in [0, 0.05) is 30.3 Å². The number of anilines is 1. The number of urea groups is 1. The Kier molecular flexibility index (Phi) is 4.50. The molecule has 0 aromatic heterocycles. The van der Waals surface area contributed by atoms with Gasteiger partial charge in [0.15, 0.2) is 0 Å². The van der Waals surface area contributed by atoms with E-state index in [0.29, 0.717) is 31.0 Å². The standard InChI is InChI=1S/C19H22ClN3O4/c20-13-3-5-14(6-4-13)23-9-7-15(16(23)24)21-18(27)22-10-12-2-1-8-19(12,11-22)17(25)26/h3-6,12,15H,1-2,7-11H2,(H,21,27)(H,25,26)/t12-,15?,19+/m0/s1. The van der Waals surface area contributed by atoms with Gasteiger partial charge in [-0.15, -0.1) is 0 Å². The molecule has 3 atom stereocenters. The molecule has 4 rings (SSSR count). The van der Waals surface area contributed by atoms with E-state index in [4.69, 9.17) is 11.6 Å². The van der Waals surface area contributed by atoms with Gasteiger partial charge in [-0.25, -0.2) is 4.79 Å². The van der Waals surface area contributed by atoms with Gasteiger partial charge in [0.05, 0.1) is 5.41 Å². The van der Waals surface area contributed by atoms with Gasteiger partial charge in [0.25, 0.3) is 0 Å². The van der Waals surface area contributed by atoms with Gasteiger partial charge in [0.2, 0.25) is 5.91 Å². The van der Waals surface area contributed by atoms with Gasteiger partial charge in [-0.3, -0.25) is 9.59 Å². The molecular formula is C19H22ClN3O4. The van der Waals surface area contributed by atoms with Crippen molar-refractivity contribution in [2.45, 2.75) is 31.7 Å². The number of hydrogen-bond donors (Lipinski definition) is 2. The van der Waals surface area contributed by atoms with Crippen molar-refractivity contribution in [1.82, 2.24) is 10.2 Å². The zero-order valence-corrected chi connectivity index (χ0v) is 15.6. The predicted molar refractivity (Wildman–Crippen MR) is 99.7 cm³/mol. The number of aliphatic carboxylic acids is 1. The van der Waals surface area contributed by atoms with Crippen molar-refractivity contribution < 1.29 is 19.5 Å². The number of carboxylic acid groups (broad SMARTS) is 1. The van der Waals surface area contributed by atoms with E-state index in [1.165, 1.54) is 0 Å². The lowest BCUT2D eigenvalue weighted by molar-refractivity contribution is -0.149. The summed E-state index contributed by atoms with van der Waals surface area (Å²) in [5.41, 5.74) is -0.0616. The molecule has 2 heterocycles. The average Bonchev–Trinajstić information content (AvgIpc) is 3.29. The average molecular weight is 392 g/mol. The van der Waals surface area contributed by atoms with E-state index in [1.54, 1.807) is 34.1 Å². The summed E-state index contributed by atoms with van der Waals surface area (Å²) in [6, 6.07) is 6.08. The Morgan fingerprint density at radius 1 is 1.22 bits per heavy atom. The summed E-state index contributed by atoms with van der Waals surface area (Å²) in [5, 5.41) is 13.1. The quantitative estimate of drug-likeness (QED) is 0.827. The molecule has 1 aromatic rings. The lowest BCUT2D eigenvalue weighted by Gasteiger charge is -2.24. The van der Waals surface area contributed by atoms with E-state index in [-0.39, 0.29) is 24.4 Å². The van der Waals surface area contributed by atoms with Crippen LogP contribution in [-0.4, -0.2) is 53.6 Å². The van der Waals surface area contributed by atoms with Crippen molar-refractivity contribution in [3.8, 4) is 0 Å². The van der Waals surface area contributed by atoms with Crippen molar-refractivity contribution in [1.29, 1.82) is 0 Å². The van der Waals surface area contributed by atoms with Crippen LogP contribution in [-0.2, 0) is 9.59 Å². The molecule has 8 heteroatoms. The molecule has 2 aliphatic heterocycles. The topological polar surface area (TPSA) is 90.0 Å². The molecule has 0 radical (unpaired) electrons. The van der Waals surface area contributed by atoms with Crippen LogP contribution >= 0.6 is 11.6 Å². The van der Waals surface area contributed by atoms with Crippen molar-refractivity contribution in [2.24, 2.45) is 11.3 Å². The fraction of sp³-hybridized carbons (Fsp3) is 0.526. The van der Waals surface area contributed by atoms with Crippen molar-refractivity contribution >= 4 is 35.2 Å². The third-order valence-corrected chi connectivity index (χ3v) is 6.48. The molecule has 0 bridgehead atoms. The maximum absolute atomic E-state index is 12.7. The molecule has 0 spiro atoms. The molecule has 27 heavy (non-hydrogen) atoms. The first kappa shape index (κ1) is 18.1. The molecule has 3 amide bonds. The first-order valence-corrected chi connectivity index (χ1v) is 9.64. The predicted octanol–water partition coefficient (Wildman–Crippen LogP) is 2.34. The summed E-state index contributed by atoms with van der Waals surface area (Å²) in [6.45, 7) is 1.19.